The fourth-order valence-electron chi connectivity index (χ4n) is 1.27. The molecule has 0 aromatic rings. The highest BCUT2D eigenvalue weighted by Crippen LogP contribution is 2.25. The van der Waals surface area contributed by atoms with Crippen LogP contribution in [0.25, 0.3) is 0 Å². The molecule has 1 aliphatic rings. The van der Waals surface area contributed by atoms with Gasteiger partial charge in [-0.3, -0.25) is 0 Å². The third-order valence-electron chi connectivity index (χ3n) is 2.53. The van der Waals surface area contributed by atoms with Gasteiger partial charge in [0.25, 0.3) is 0 Å². The summed E-state index contributed by atoms with van der Waals surface area (Å²) in [6, 6.07) is 0. The highest BCUT2D eigenvalue weighted by molar-refractivity contribution is 4.79. The SMILES string of the molecule is COC(C)(CCO)CCC1CO1. The van der Waals surface area contributed by atoms with Gasteiger partial charge >= 0.3 is 0 Å². The van der Waals surface area contributed by atoms with Crippen LogP contribution < -0.4 is 0 Å². The van der Waals surface area contributed by atoms with E-state index >= 15 is 0 Å². The molecule has 1 heterocycles. The minimum atomic E-state index is -0.166. The van der Waals surface area contributed by atoms with Crippen molar-refractivity contribution in [2.45, 2.75) is 37.9 Å². The van der Waals surface area contributed by atoms with Gasteiger partial charge in [0, 0.05) is 13.7 Å². The third-order valence-corrected chi connectivity index (χ3v) is 2.53. The van der Waals surface area contributed by atoms with Gasteiger partial charge in [-0.25, -0.2) is 0 Å². The fourth-order valence-corrected chi connectivity index (χ4v) is 1.27. The standard InChI is InChI=1S/C9H18O3/c1-9(11-2,5-6-10)4-3-8-7-12-8/h8,10H,3-7H2,1-2H3. The average Bonchev–Trinajstić information content (AvgIpc) is 2.85. The van der Waals surface area contributed by atoms with Crippen molar-refractivity contribution >= 4 is 0 Å². The van der Waals surface area contributed by atoms with Crippen molar-refractivity contribution in [1.29, 1.82) is 0 Å². The summed E-state index contributed by atoms with van der Waals surface area (Å²) in [5.41, 5.74) is -0.166. The summed E-state index contributed by atoms with van der Waals surface area (Å²) in [6.45, 7) is 3.13. The van der Waals surface area contributed by atoms with Crippen LogP contribution >= 0.6 is 0 Å². The van der Waals surface area contributed by atoms with E-state index < -0.39 is 0 Å². The van der Waals surface area contributed by atoms with E-state index in [1.807, 2.05) is 6.92 Å². The molecule has 0 amide bonds. The molecule has 1 aliphatic heterocycles. The third kappa shape index (κ3) is 3.09. The first kappa shape index (κ1) is 9.96. The number of aliphatic hydroxyl groups is 1. The molecule has 0 aromatic carbocycles. The van der Waals surface area contributed by atoms with E-state index in [1.54, 1.807) is 7.11 Å². The molecule has 2 unspecified atom stereocenters. The number of hydrogen-bond acceptors (Lipinski definition) is 3. The summed E-state index contributed by atoms with van der Waals surface area (Å²) in [6.07, 6.45) is 3.17. The number of rotatable bonds is 6. The second-order valence-corrected chi connectivity index (χ2v) is 3.62. The largest absolute Gasteiger partial charge is 0.396 e. The summed E-state index contributed by atoms with van der Waals surface area (Å²) in [5.74, 6) is 0. The van der Waals surface area contributed by atoms with Crippen LogP contribution in [0.2, 0.25) is 0 Å². The highest BCUT2D eigenvalue weighted by atomic mass is 16.6. The van der Waals surface area contributed by atoms with E-state index in [0.29, 0.717) is 12.5 Å². The van der Waals surface area contributed by atoms with Crippen LogP contribution in [0.1, 0.15) is 26.2 Å². The molecule has 0 aromatic heterocycles. The fraction of sp³-hybridized carbons (Fsp3) is 1.00. The van der Waals surface area contributed by atoms with Crippen molar-refractivity contribution in [2.75, 3.05) is 20.3 Å². The summed E-state index contributed by atoms with van der Waals surface area (Å²) < 4.78 is 10.4. The minimum Gasteiger partial charge on any atom is -0.396 e. The normalized spacial score (nSPS) is 26.8. The zero-order valence-corrected chi connectivity index (χ0v) is 7.88. The molecule has 72 valence electrons. The summed E-state index contributed by atoms with van der Waals surface area (Å²) in [7, 11) is 1.70. The van der Waals surface area contributed by atoms with Gasteiger partial charge in [0.15, 0.2) is 0 Å². The molecule has 3 heteroatoms. The Morgan fingerprint density at radius 3 is 2.67 bits per heavy atom. The second-order valence-electron chi connectivity index (χ2n) is 3.62. The van der Waals surface area contributed by atoms with Crippen molar-refractivity contribution in [3.63, 3.8) is 0 Å². The minimum absolute atomic E-state index is 0.166. The molecule has 0 spiro atoms. The van der Waals surface area contributed by atoms with Crippen molar-refractivity contribution in [3.8, 4) is 0 Å². The van der Waals surface area contributed by atoms with E-state index in [-0.39, 0.29) is 12.2 Å². The van der Waals surface area contributed by atoms with Crippen LogP contribution in [0.3, 0.4) is 0 Å². The van der Waals surface area contributed by atoms with Crippen molar-refractivity contribution in [3.05, 3.63) is 0 Å². The number of epoxide rings is 1. The molecule has 0 bridgehead atoms. The quantitative estimate of drug-likeness (QED) is 0.610. The van der Waals surface area contributed by atoms with Gasteiger partial charge in [0.05, 0.1) is 18.3 Å². The maximum atomic E-state index is 8.80. The van der Waals surface area contributed by atoms with Gasteiger partial charge < -0.3 is 14.6 Å². The summed E-state index contributed by atoms with van der Waals surface area (Å²) >= 11 is 0. The predicted octanol–water partition coefficient (Wildman–Crippen LogP) is 0.953. The van der Waals surface area contributed by atoms with Crippen LogP contribution in [0.15, 0.2) is 0 Å². The van der Waals surface area contributed by atoms with Gasteiger partial charge in [0.2, 0.25) is 0 Å². The van der Waals surface area contributed by atoms with Crippen LogP contribution in [0.4, 0.5) is 0 Å². The lowest BCUT2D eigenvalue weighted by atomic mass is 9.95. The van der Waals surface area contributed by atoms with Gasteiger partial charge in [0.1, 0.15) is 0 Å². The lowest BCUT2D eigenvalue weighted by Crippen LogP contribution is -2.29. The van der Waals surface area contributed by atoms with Gasteiger partial charge in [-0.15, -0.1) is 0 Å². The Kier molecular flexibility index (Phi) is 3.50. The van der Waals surface area contributed by atoms with Gasteiger partial charge in [-0.2, -0.15) is 0 Å². The molecule has 1 rings (SSSR count). The van der Waals surface area contributed by atoms with E-state index in [2.05, 4.69) is 0 Å². The highest BCUT2D eigenvalue weighted by Gasteiger charge is 2.29. The zero-order valence-electron chi connectivity index (χ0n) is 7.88. The summed E-state index contributed by atoms with van der Waals surface area (Å²) in [5, 5.41) is 8.80. The Morgan fingerprint density at radius 1 is 1.58 bits per heavy atom. The molecule has 0 aliphatic carbocycles. The molecular formula is C9H18O3. The Hall–Kier alpha value is -0.120. The zero-order chi connectivity index (χ0) is 9.03. The number of aliphatic hydroxyl groups excluding tert-OH is 1. The smallest absolute Gasteiger partial charge is 0.0811 e. The number of ether oxygens (including phenoxy) is 2. The molecule has 0 radical (unpaired) electrons. The molecule has 2 atom stereocenters. The van der Waals surface area contributed by atoms with Gasteiger partial charge in [-0.1, -0.05) is 0 Å². The Labute approximate surface area is 73.7 Å². The topological polar surface area (TPSA) is 42.0 Å². The Morgan fingerprint density at radius 2 is 2.25 bits per heavy atom. The second kappa shape index (κ2) is 4.21. The van der Waals surface area contributed by atoms with E-state index in [0.717, 1.165) is 19.4 Å². The van der Waals surface area contributed by atoms with Crippen molar-refractivity contribution in [2.24, 2.45) is 0 Å². The molecule has 12 heavy (non-hydrogen) atoms. The lowest BCUT2D eigenvalue weighted by Gasteiger charge is -2.26. The van der Waals surface area contributed by atoms with E-state index in [9.17, 15) is 0 Å². The van der Waals surface area contributed by atoms with Crippen LogP contribution in [-0.4, -0.2) is 37.1 Å². The van der Waals surface area contributed by atoms with Gasteiger partial charge in [-0.05, 0) is 26.2 Å². The molecule has 1 saturated heterocycles. The van der Waals surface area contributed by atoms with E-state index in [1.165, 1.54) is 0 Å². The maximum Gasteiger partial charge on any atom is 0.0811 e. The molecule has 1 N–H and O–H groups in total. The first-order chi connectivity index (χ1) is 5.70. The van der Waals surface area contributed by atoms with Crippen LogP contribution in [0, 0.1) is 0 Å². The van der Waals surface area contributed by atoms with Crippen molar-refractivity contribution < 1.29 is 14.6 Å². The first-order valence-corrected chi connectivity index (χ1v) is 4.48. The molecule has 0 saturated carbocycles. The monoisotopic (exact) mass is 174 g/mol. The van der Waals surface area contributed by atoms with Crippen molar-refractivity contribution in [1.82, 2.24) is 0 Å². The molecular weight excluding hydrogens is 156 g/mol. The van der Waals surface area contributed by atoms with Crippen LogP contribution in [-0.2, 0) is 9.47 Å². The Balaban J connectivity index is 2.20. The van der Waals surface area contributed by atoms with E-state index in [4.69, 9.17) is 14.6 Å². The maximum absolute atomic E-state index is 8.80. The Bertz CT molecular complexity index is 134. The average molecular weight is 174 g/mol. The lowest BCUT2D eigenvalue weighted by molar-refractivity contribution is -0.0219. The first-order valence-electron chi connectivity index (χ1n) is 4.48. The molecule has 3 nitrogen and oxygen atoms in total. The summed E-state index contributed by atoms with van der Waals surface area (Å²) in [4.78, 5) is 0. The predicted molar refractivity (Wildman–Crippen MR) is 46.1 cm³/mol. The van der Waals surface area contributed by atoms with Crippen LogP contribution in [0.5, 0.6) is 0 Å². The number of methoxy groups -OCH3 is 1. The number of hydrogen-bond donors (Lipinski definition) is 1. The molecule has 1 fully saturated rings.